The molecule has 1 saturated carbocycles. The monoisotopic (exact) mass is 441 g/mol. The van der Waals surface area contributed by atoms with Gasteiger partial charge in [0.15, 0.2) is 0 Å². The first-order chi connectivity index (χ1) is 15.1. The lowest BCUT2D eigenvalue weighted by atomic mass is 10.0. The number of hydrogen-bond donors (Lipinski definition) is 1. The van der Waals surface area contributed by atoms with Gasteiger partial charge in [-0.1, -0.05) is 0 Å². The highest BCUT2D eigenvalue weighted by Crippen LogP contribution is 2.43. The van der Waals surface area contributed by atoms with Crippen LogP contribution in [0.25, 0.3) is 5.52 Å². The number of rotatable bonds is 4. The minimum Gasteiger partial charge on any atom is -0.465 e. The second-order valence-electron chi connectivity index (χ2n) is 9.71. The third kappa shape index (κ3) is 4.31. The first-order valence-electron chi connectivity index (χ1n) is 11.1. The minimum atomic E-state index is -0.608. The van der Waals surface area contributed by atoms with E-state index < -0.39 is 17.7 Å². The average Bonchev–Trinajstić information content (AvgIpc) is 3.46. The van der Waals surface area contributed by atoms with Crippen molar-refractivity contribution in [3.63, 3.8) is 0 Å². The summed E-state index contributed by atoms with van der Waals surface area (Å²) in [5.74, 6) is -0.258. The molecule has 2 aliphatic rings. The van der Waals surface area contributed by atoms with Crippen molar-refractivity contribution in [3.05, 3.63) is 45.4 Å². The molecule has 0 radical (unpaired) electrons. The first-order valence-corrected chi connectivity index (χ1v) is 11.1. The number of alkyl carbamates (subject to hydrolysis) is 1. The largest absolute Gasteiger partial charge is 0.465 e. The summed E-state index contributed by atoms with van der Waals surface area (Å²) >= 11 is 0. The second kappa shape index (κ2) is 8.15. The van der Waals surface area contributed by atoms with Gasteiger partial charge < -0.3 is 19.7 Å². The Labute approximate surface area is 187 Å². The average molecular weight is 442 g/mol. The third-order valence-corrected chi connectivity index (χ3v) is 6.06. The highest BCUT2D eigenvalue weighted by molar-refractivity contribution is 5.90. The standard InChI is InChI=1S/C24H31N3O5/c1-14-19(26-10-8-16(13-26)25-23(30)32-24(2,3)4)9-11-27-20(14)17(15-6-7-15)12-18(21(27)28)22(29)31-5/h9,11-12,15-16H,6-8,10,13H2,1-5H3,(H,25,30)/t16-/m0/s1. The van der Waals surface area contributed by atoms with Gasteiger partial charge >= 0.3 is 12.1 Å². The van der Waals surface area contributed by atoms with Gasteiger partial charge in [-0.15, -0.1) is 0 Å². The number of aryl methyl sites for hydroxylation is 1. The summed E-state index contributed by atoms with van der Waals surface area (Å²) in [6.45, 7) is 9.01. The Morgan fingerprint density at radius 3 is 2.53 bits per heavy atom. The number of aromatic nitrogens is 1. The van der Waals surface area contributed by atoms with Crippen molar-refractivity contribution < 1.29 is 19.1 Å². The normalized spacial score (nSPS) is 18.7. The van der Waals surface area contributed by atoms with Gasteiger partial charge in [0.2, 0.25) is 0 Å². The van der Waals surface area contributed by atoms with E-state index in [0.29, 0.717) is 12.5 Å². The maximum atomic E-state index is 13.0. The molecular weight excluding hydrogens is 410 g/mol. The Morgan fingerprint density at radius 1 is 1.19 bits per heavy atom. The molecule has 0 unspecified atom stereocenters. The molecule has 1 aliphatic heterocycles. The van der Waals surface area contributed by atoms with E-state index in [1.165, 1.54) is 7.11 Å². The summed E-state index contributed by atoms with van der Waals surface area (Å²) in [5, 5.41) is 2.96. The van der Waals surface area contributed by atoms with E-state index in [0.717, 1.165) is 48.1 Å². The molecule has 1 atom stereocenters. The molecule has 172 valence electrons. The molecule has 3 heterocycles. The van der Waals surface area contributed by atoms with E-state index >= 15 is 0 Å². The van der Waals surface area contributed by atoms with Crippen molar-refractivity contribution >= 4 is 23.3 Å². The van der Waals surface area contributed by atoms with Crippen molar-refractivity contribution in [2.45, 2.75) is 64.5 Å². The van der Waals surface area contributed by atoms with Crippen LogP contribution in [-0.2, 0) is 9.47 Å². The van der Waals surface area contributed by atoms with Gasteiger partial charge in [-0.05, 0) is 76.1 Å². The fraction of sp³-hybridized carbons (Fsp3) is 0.542. The lowest BCUT2D eigenvalue weighted by Crippen LogP contribution is -2.40. The molecule has 1 N–H and O–H groups in total. The summed E-state index contributed by atoms with van der Waals surface area (Å²) in [7, 11) is 1.29. The summed E-state index contributed by atoms with van der Waals surface area (Å²) < 4.78 is 11.8. The molecule has 1 aliphatic carbocycles. The quantitative estimate of drug-likeness (QED) is 0.732. The van der Waals surface area contributed by atoms with E-state index in [4.69, 9.17) is 9.47 Å². The predicted molar refractivity (Wildman–Crippen MR) is 122 cm³/mol. The number of esters is 1. The molecule has 0 spiro atoms. The third-order valence-electron chi connectivity index (χ3n) is 6.06. The van der Waals surface area contributed by atoms with Crippen LogP contribution in [0, 0.1) is 6.92 Å². The van der Waals surface area contributed by atoms with E-state index in [2.05, 4.69) is 10.2 Å². The van der Waals surface area contributed by atoms with Crippen LogP contribution in [-0.4, -0.2) is 48.3 Å². The van der Waals surface area contributed by atoms with Gasteiger partial charge in [-0.25, -0.2) is 9.59 Å². The zero-order valence-corrected chi connectivity index (χ0v) is 19.4. The molecule has 1 amide bonds. The zero-order valence-electron chi connectivity index (χ0n) is 19.4. The molecule has 4 rings (SSSR count). The van der Waals surface area contributed by atoms with Crippen molar-refractivity contribution in [2.75, 3.05) is 25.1 Å². The molecule has 8 heteroatoms. The van der Waals surface area contributed by atoms with Gasteiger partial charge in [-0.2, -0.15) is 0 Å². The summed E-state index contributed by atoms with van der Waals surface area (Å²) in [5.41, 5.74) is 3.09. The Bertz CT molecular complexity index is 1130. The number of fused-ring (bicyclic) bond motifs is 1. The minimum absolute atomic E-state index is 0.00716. The molecule has 2 fully saturated rings. The lowest BCUT2D eigenvalue weighted by molar-refractivity contribution is 0.0508. The highest BCUT2D eigenvalue weighted by Gasteiger charge is 2.31. The Hall–Kier alpha value is -3.03. The maximum absolute atomic E-state index is 13.0. The lowest BCUT2D eigenvalue weighted by Gasteiger charge is -2.24. The molecular formula is C24H31N3O5. The van der Waals surface area contributed by atoms with Crippen LogP contribution >= 0.6 is 0 Å². The Morgan fingerprint density at radius 2 is 1.91 bits per heavy atom. The number of hydrogen-bond acceptors (Lipinski definition) is 6. The predicted octanol–water partition coefficient (Wildman–Crippen LogP) is 3.38. The van der Waals surface area contributed by atoms with E-state index in [9.17, 15) is 14.4 Å². The molecule has 8 nitrogen and oxygen atoms in total. The van der Waals surface area contributed by atoms with Crippen LogP contribution in [0.2, 0.25) is 0 Å². The van der Waals surface area contributed by atoms with Crippen LogP contribution < -0.4 is 15.8 Å². The van der Waals surface area contributed by atoms with Crippen LogP contribution in [0.5, 0.6) is 0 Å². The molecule has 32 heavy (non-hydrogen) atoms. The summed E-state index contributed by atoms with van der Waals surface area (Å²) in [6.07, 6.45) is 4.24. The van der Waals surface area contributed by atoms with Gasteiger partial charge in [0.1, 0.15) is 11.2 Å². The SMILES string of the molecule is COC(=O)c1cc(C2CC2)c2c(C)c(N3CC[C@H](NC(=O)OC(C)(C)C)C3)ccn2c1=O. The zero-order chi connectivity index (χ0) is 23.2. The number of pyridine rings is 2. The van der Waals surface area contributed by atoms with Gasteiger partial charge in [0.25, 0.3) is 5.56 Å². The van der Waals surface area contributed by atoms with Crippen LogP contribution in [0.1, 0.15) is 67.4 Å². The number of nitrogens with one attached hydrogen (secondary N) is 1. The van der Waals surface area contributed by atoms with Crippen molar-refractivity contribution in [1.82, 2.24) is 9.72 Å². The molecule has 0 aromatic carbocycles. The Kier molecular flexibility index (Phi) is 5.65. The van der Waals surface area contributed by atoms with Crippen LogP contribution in [0.4, 0.5) is 10.5 Å². The molecule has 2 aromatic rings. The van der Waals surface area contributed by atoms with Crippen molar-refractivity contribution in [3.8, 4) is 0 Å². The smallest absolute Gasteiger partial charge is 0.407 e. The van der Waals surface area contributed by atoms with E-state index in [1.54, 1.807) is 16.7 Å². The number of anilines is 1. The number of methoxy groups -OCH3 is 1. The summed E-state index contributed by atoms with van der Waals surface area (Å²) in [4.78, 5) is 39.5. The topological polar surface area (TPSA) is 89.3 Å². The van der Waals surface area contributed by atoms with Crippen molar-refractivity contribution in [1.29, 1.82) is 0 Å². The summed E-state index contributed by atoms with van der Waals surface area (Å²) in [6, 6.07) is 3.62. The van der Waals surface area contributed by atoms with Gasteiger partial charge in [0, 0.05) is 25.0 Å². The van der Waals surface area contributed by atoms with Crippen molar-refractivity contribution in [2.24, 2.45) is 0 Å². The molecule has 1 saturated heterocycles. The van der Waals surface area contributed by atoms with E-state index in [-0.39, 0.29) is 17.2 Å². The fourth-order valence-corrected chi connectivity index (χ4v) is 4.46. The first kappa shape index (κ1) is 22.2. The van der Waals surface area contributed by atoms with Crippen LogP contribution in [0.15, 0.2) is 23.1 Å². The number of amides is 1. The molecule has 0 bridgehead atoms. The second-order valence-corrected chi connectivity index (χ2v) is 9.71. The molecule has 2 aromatic heterocycles. The van der Waals surface area contributed by atoms with Crippen LogP contribution in [0.3, 0.4) is 0 Å². The number of nitrogens with zero attached hydrogens (tertiary/aromatic N) is 2. The van der Waals surface area contributed by atoms with Gasteiger partial charge in [-0.3, -0.25) is 9.20 Å². The Balaban J connectivity index is 1.65. The number of ether oxygens (including phenoxy) is 2. The number of carbonyl (C=O) groups excluding carboxylic acids is 2. The van der Waals surface area contributed by atoms with E-state index in [1.807, 2.05) is 33.8 Å². The maximum Gasteiger partial charge on any atom is 0.407 e. The highest BCUT2D eigenvalue weighted by atomic mass is 16.6. The van der Waals surface area contributed by atoms with Gasteiger partial charge in [0.05, 0.1) is 18.7 Å². The fourth-order valence-electron chi connectivity index (χ4n) is 4.46. The number of carbonyl (C=O) groups is 2.